The van der Waals surface area contributed by atoms with Crippen LogP contribution in [0.5, 0.6) is 0 Å². The van der Waals surface area contributed by atoms with Gasteiger partial charge in [0.2, 0.25) is 0 Å². The molecule has 2 N–H and O–H groups in total. The Morgan fingerprint density at radius 1 is 1.13 bits per heavy atom. The van der Waals surface area contributed by atoms with E-state index in [1.165, 1.54) is 0 Å². The monoisotopic (exact) mass is 214 g/mol. The zero-order chi connectivity index (χ0) is 11.7. The third-order valence-electron chi connectivity index (χ3n) is 2.26. The molecule has 0 bridgehead atoms. The Bertz CT molecular complexity index is 205. The molecule has 88 valence electrons. The van der Waals surface area contributed by atoms with Crippen molar-refractivity contribution in [1.82, 2.24) is 10.6 Å². The molecule has 1 atom stereocenters. The minimum atomic E-state index is -0.527. The molecule has 4 nitrogen and oxygen atoms in total. The maximum Gasteiger partial charge on any atom is 0.309 e. The van der Waals surface area contributed by atoms with Crippen molar-refractivity contribution in [3.63, 3.8) is 0 Å². The van der Waals surface area contributed by atoms with Crippen LogP contribution in [0, 0.1) is 0 Å². The molecule has 0 aliphatic carbocycles. The molecule has 0 unspecified atom stereocenters. The first-order valence-corrected chi connectivity index (χ1v) is 5.70. The maximum atomic E-state index is 11.3. The highest BCUT2D eigenvalue weighted by atomic mass is 16.2. The Morgan fingerprint density at radius 2 is 1.80 bits per heavy atom. The van der Waals surface area contributed by atoms with Gasteiger partial charge in [0.05, 0.1) is 0 Å². The third-order valence-corrected chi connectivity index (χ3v) is 2.26. The zero-order valence-electron chi connectivity index (χ0n) is 9.93. The third kappa shape index (κ3) is 6.94. The Hall–Kier alpha value is -1.06. The van der Waals surface area contributed by atoms with E-state index in [4.69, 9.17) is 0 Å². The van der Waals surface area contributed by atoms with Crippen LogP contribution in [0.2, 0.25) is 0 Å². The molecule has 0 aliphatic heterocycles. The van der Waals surface area contributed by atoms with Gasteiger partial charge in [-0.25, -0.2) is 0 Å². The molecular weight excluding hydrogens is 192 g/mol. The van der Waals surface area contributed by atoms with E-state index in [0.29, 0.717) is 6.54 Å². The molecule has 0 aromatic carbocycles. The largest absolute Gasteiger partial charge is 0.348 e. The van der Waals surface area contributed by atoms with Crippen LogP contribution in [0.4, 0.5) is 0 Å². The van der Waals surface area contributed by atoms with Crippen molar-refractivity contribution in [2.24, 2.45) is 0 Å². The first kappa shape index (κ1) is 13.9. The van der Waals surface area contributed by atoms with E-state index in [1.54, 1.807) is 0 Å². The second kappa shape index (κ2) is 8.26. The summed E-state index contributed by atoms with van der Waals surface area (Å²) in [5, 5.41) is 5.21. The van der Waals surface area contributed by atoms with E-state index in [9.17, 15) is 9.59 Å². The van der Waals surface area contributed by atoms with E-state index in [-0.39, 0.29) is 6.04 Å². The molecule has 4 heteroatoms. The lowest BCUT2D eigenvalue weighted by atomic mass is 10.2. The quantitative estimate of drug-likeness (QED) is 0.515. The summed E-state index contributed by atoms with van der Waals surface area (Å²) in [5.74, 6) is -1.05. The summed E-state index contributed by atoms with van der Waals surface area (Å²) in [6.45, 7) is 6.52. The summed E-state index contributed by atoms with van der Waals surface area (Å²) in [6.07, 6.45) is 3.94. The van der Waals surface area contributed by atoms with Crippen LogP contribution in [0.25, 0.3) is 0 Å². The van der Waals surface area contributed by atoms with Gasteiger partial charge in [-0.2, -0.15) is 0 Å². The van der Waals surface area contributed by atoms with Gasteiger partial charge in [0.25, 0.3) is 0 Å². The lowest BCUT2D eigenvalue weighted by Crippen LogP contribution is -2.43. The number of unbranched alkanes of at least 4 members (excludes halogenated alkanes) is 2. The molecule has 0 spiro atoms. The molecule has 2 amide bonds. The fourth-order valence-electron chi connectivity index (χ4n) is 1.05. The van der Waals surface area contributed by atoms with Gasteiger partial charge in [0, 0.05) is 12.6 Å². The molecule has 0 rings (SSSR count). The highest BCUT2D eigenvalue weighted by molar-refractivity contribution is 6.35. The smallest absolute Gasteiger partial charge is 0.309 e. The summed E-state index contributed by atoms with van der Waals surface area (Å²) >= 11 is 0. The molecule has 0 aliphatic rings. The van der Waals surface area contributed by atoms with Crippen LogP contribution in [-0.4, -0.2) is 24.4 Å². The first-order chi connectivity index (χ1) is 7.11. The number of carbonyl (C=O) groups excluding carboxylic acids is 2. The van der Waals surface area contributed by atoms with Gasteiger partial charge in [0.15, 0.2) is 0 Å². The molecule has 0 saturated carbocycles. The van der Waals surface area contributed by atoms with E-state index in [1.807, 2.05) is 13.8 Å². The SMILES string of the molecule is CCCCCNC(=O)C(=O)N[C@H](C)CC. The summed E-state index contributed by atoms with van der Waals surface area (Å²) < 4.78 is 0. The molecule has 0 aromatic rings. The number of amides is 2. The summed E-state index contributed by atoms with van der Waals surface area (Å²) in [7, 11) is 0. The van der Waals surface area contributed by atoms with E-state index >= 15 is 0 Å². The van der Waals surface area contributed by atoms with Crippen LogP contribution in [-0.2, 0) is 9.59 Å². The summed E-state index contributed by atoms with van der Waals surface area (Å²) in [6, 6.07) is 0.0545. The fraction of sp³-hybridized carbons (Fsp3) is 0.818. The van der Waals surface area contributed by atoms with Crippen molar-refractivity contribution in [2.75, 3.05) is 6.54 Å². The van der Waals surface area contributed by atoms with Gasteiger partial charge in [-0.05, 0) is 19.8 Å². The molecule has 0 fully saturated rings. The van der Waals surface area contributed by atoms with Gasteiger partial charge < -0.3 is 10.6 Å². The van der Waals surface area contributed by atoms with Crippen molar-refractivity contribution in [3.8, 4) is 0 Å². The highest BCUT2D eigenvalue weighted by Gasteiger charge is 2.13. The van der Waals surface area contributed by atoms with E-state index < -0.39 is 11.8 Å². The first-order valence-electron chi connectivity index (χ1n) is 5.70. The fourth-order valence-corrected chi connectivity index (χ4v) is 1.05. The van der Waals surface area contributed by atoms with Crippen LogP contribution in [0.3, 0.4) is 0 Å². The van der Waals surface area contributed by atoms with Gasteiger partial charge >= 0.3 is 11.8 Å². The standard InChI is InChI=1S/C11H22N2O2/c1-4-6-7-8-12-10(14)11(15)13-9(3)5-2/h9H,4-8H2,1-3H3,(H,12,14)(H,13,15)/t9-/m1/s1. The Kier molecular flexibility index (Phi) is 7.68. The van der Waals surface area contributed by atoms with Gasteiger partial charge in [-0.1, -0.05) is 26.7 Å². The zero-order valence-corrected chi connectivity index (χ0v) is 9.93. The summed E-state index contributed by atoms with van der Waals surface area (Å²) in [5.41, 5.74) is 0. The lowest BCUT2D eigenvalue weighted by Gasteiger charge is -2.10. The number of carbonyl (C=O) groups is 2. The average Bonchev–Trinajstić information content (AvgIpc) is 2.23. The Morgan fingerprint density at radius 3 is 2.33 bits per heavy atom. The molecule has 0 radical (unpaired) electrons. The Balaban J connectivity index is 3.65. The second-order valence-corrected chi connectivity index (χ2v) is 3.75. The number of hydrogen-bond acceptors (Lipinski definition) is 2. The normalized spacial score (nSPS) is 11.9. The number of rotatable bonds is 6. The van der Waals surface area contributed by atoms with Crippen molar-refractivity contribution in [1.29, 1.82) is 0 Å². The number of nitrogens with one attached hydrogen (secondary N) is 2. The highest BCUT2D eigenvalue weighted by Crippen LogP contribution is 1.91. The van der Waals surface area contributed by atoms with Crippen molar-refractivity contribution in [2.45, 2.75) is 52.5 Å². The molecule has 0 saturated heterocycles. The van der Waals surface area contributed by atoms with Crippen LogP contribution in [0.1, 0.15) is 46.5 Å². The minimum Gasteiger partial charge on any atom is -0.348 e. The number of hydrogen-bond donors (Lipinski definition) is 2. The van der Waals surface area contributed by atoms with Crippen molar-refractivity contribution < 1.29 is 9.59 Å². The lowest BCUT2D eigenvalue weighted by molar-refractivity contribution is -0.139. The molecule has 0 aromatic heterocycles. The maximum absolute atomic E-state index is 11.3. The van der Waals surface area contributed by atoms with E-state index in [0.717, 1.165) is 25.7 Å². The van der Waals surface area contributed by atoms with Crippen LogP contribution >= 0.6 is 0 Å². The molecular formula is C11H22N2O2. The average molecular weight is 214 g/mol. The van der Waals surface area contributed by atoms with Gasteiger partial charge in [0.1, 0.15) is 0 Å². The van der Waals surface area contributed by atoms with E-state index in [2.05, 4.69) is 17.6 Å². The topological polar surface area (TPSA) is 58.2 Å². The van der Waals surface area contributed by atoms with Crippen molar-refractivity contribution in [3.05, 3.63) is 0 Å². The Labute approximate surface area is 91.8 Å². The van der Waals surface area contributed by atoms with Crippen molar-refractivity contribution >= 4 is 11.8 Å². The second-order valence-electron chi connectivity index (χ2n) is 3.75. The minimum absolute atomic E-state index is 0.0545. The van der Waals surface area contributed by atoms with Crippen LogP contribution < -0.4 is 10.6 Å². The predicted octanol–water partition coefficient (Wildman–Crippen LogP) is 1.21. The van der Waals surface area contributed by atoms with Gasteiger partial charge in [-0.15, -0.1) is 0 Å². The molecule has 0 heterocycles. The predicted molar refractivity (Wildman–Crippen MR) is 60.4 cm³/mol. The van der Waals surface area contributed by atoms with Gasteiger partial charge in [-0.3, -0.25) is 9.59 Å². The van der Waals surface area contributed by atoms with Crippen LogP contribution in [0.15, 0.2) is 0 Å². The molecule has 15 heavy (non-hydrogen) atoms. The summed E-state index contributed by atoms with van der Waals surface area (Å²) in [4.78, 5) is 22.5.